The summed E-state index contributed by atoms with van der Waals surface area (Å²) in [6.45, 7) is 4.32. The molecule has 0 heterocycles. The summed E-state index contributed by atoms with van der Waals surface area (Å²) in [6.07, 6.45) is 1.54. The molecule has 126 valence electrons. The van der Waals surface area contributed by atoms with E-state index >= 15 is 0 Å². The van der Waals surface area contributed by atoms with Gasteiger partial charge in [0.1, 0.15) is 5.75 Å². The minimum Gasteiger partial charge on any atom is -0.504 e. The van der Waals surface area contributed by atoms with E-state index in [1.165, 1.54) is 13.2 Å². The second-order valence-electron chi connectivity index (χ2n) is 5.21. The van der Waals surface area contributed by atoms with Crippen LogP contribution in [0.1, 0.15) is 23.6 Å². The highest BCUT2D eigenvalue weighted by atomic mass is 16.5. The van der Waals surface area contributed by atoms with Crippen LogP contribution in [0.25, 0.3) is 11.6 Å². The number of hydrogen-bond acceptors (Lipinski definition) is 4. The molecule has 0 radical (unpaired) electrons. The molecule has 0 aliphatic heterocycles. The monoisotopic (exact) mass is 328 g/mol. The quantitative estimate of drug-likeness (QED) is 0.624. The lowest BCUT2D eigenvalue weighted by atomic mass is 10.0. The molecule has 0 aromatic heterocycles. The van der Waals surface area contributed by atoms with Gasteiger partial charge in [0.2, 0.25) is 0 Å². The van der Waals surface area contributed by atoms with Crippen molar-refractivity contribution in [2.45, 2.75) is 13.8 Å². The van der Waals surface area contributed by atoms with Gasteiger partial charge >= 0.3 is 5.97 Å². The first-order valence-corrected chi connectivity index (χ1v) is 7.52. The van der Waals surface area contributed by atoms with E-state index in [9.17, 15) is 15.0 Å². The van der Waals surface area contributed by atoms with Crippen molar-refractivity contribution in [2.24, 2.45) is 0 Å². The van der Waals surface area contributed by atoms with Crippen LogP contribution >= 0.6 is 0 Å². The Balaban J connectivity index is 2.46. The van der Waals surface area contributed by atoms with E-state index in [0.29, 0.717) is 17.7 Å². The number of aryl methyl sites for hydroxylation is 1. The topological polar surface area (TPSA) is 76.0 Å². The molecule has 2 aromatic rings. The maximum absolute atomic E-state index is 11.7. The summed E-state index contributed by atoms with van der Waals surface area (Å²) in [7, 11) is 1.44. The third-order valence-corrected chi connectivity index (χ3v) is 3.53. The SMILES string of the molecule is CCOc1ccc(/C(=C/c2ccc(O)c(OC)c2)C(=O)O)cc1C. The summed E-state index contributed by atoms with van der Waals surface area (Å²) in [5, 5.41) is 19.2. The lowest BCUT2D eigenvalue weighted by Gasteiger charge is -2.10. The van der Waals surface area contributed by atoms with Gasteiger partial charge in [-0.1, -0.05) is 12.1 Å². The lowest BCUT2D eigenvalue weighted by Crippen LogP contribution is -2.01. The molecule has 0 bridgehead atoms. The third kappa shape index (κ3) is 3.87. The second kappa shape index (κ2) is 7.55. The first-order valence-electron chi connectivity index (χ1n) is 7.52. The largest absolute Gasteiger partial charge is 0.504 e. The smallest absolute Gasteiger partial charge is 0.336 e. The van der Waals surface area contributed by atoms with Crippen LogP contribution in [-0.4, -0.2) is 29.9 Å². The van der Waals surface area contributed by atoms with Crippen LogP contribution in [0.3, 0.4) is 0 Å². The highest BCUT2D eigenvalue weighted by Gasteiger charge is 2.13. The maximum atomic E-state index is 11.7. The van der Waals surface area contributed by atoms with E-state index in [-0.39, 0.29) is 17.1 Å². The average Bonchev–Trinajstić information content (AvgIpc) is 2.55. The zero-order valence-electron chi connectivity index (χ0n) is 13.9. The number of phenols is 1. The number of aliphatic carboxylic acids is 1. The second-order valence-corrected chi connectivity index (χ2v) is 5.21. The van der Waals surface area contributed by atoms with Gasteiger partial charge in [0.15, 0.2) is 11.5 Å². The van der Waals surface area contributed by atoms with Crippen LogP contribution in [-0.2, 0) is 4.79 Å². The Morgan fingerprint density at radius 3 is 2.50 bits per heavy atom. The number of benzene rings is 2. The Hall–Kier alpha value is -2.95. The van der Waals surface area contributed by atoms with Crippen molar-refractivity contribution in [1.29, 1.82) is 0 Å². The number of methoxy groups -OCH3 is 1. The predicted octanol–water partition coefficient (Wildman–Crippen LogP) is 3.73. The van der Waals surface area contributed by atoms with Crippen molar-refractivity contribution in [2.75, 3.05) is 13.7 Å². The minimum atomic E-state index is -1.04. The van der Waals surface area contributed by atoms with Gasteiger partial charge in [0, 0.05) is 0 Å². The molecule has 0 saturated heterocycles. The highest BCUT2D eigenvalue weighted by Crippen LogP contribution is 2.29. The molecule has 2 aromatic carbocycles. The minimum absolute atomic E-state index is 0.00318. The molecule has 5 heteroatoms. The van der Waals surface area contributed by atoms with Gasteiger partial charge in [-0.05, 0) is 60.9 Å². The number of aromatic hydroxyl groups is 1. The van der Waals surface area contributed by atoms with Gasteiger partial charge in [0.05, 0.1) is 19.3 Å². The van der Waals surface area contributed by atoms with Crippen LogP contribution in [0.4, 0.5) is 0 Å². The molecular formula is C19H20O5. The molecule has 0 aliphatic carbocycles. The number of hydrogen-bond donors (Lipinski definition) is 2. The van der Waals surface area contributed by atoms with Crippen LogP contribution in [0.2, 0.25) is 0 Å². The van der Waals surface area contributed by atoms with Gasteiger partial charge in [-0.15, -0.1) is 0 Å². The van der Waals surface area contributed by atoms with Crippen molar-refractivity contribution in [3.8, 4) is 17.2 Å². The lowest BCUT2D eigenvalue weighted by molar-refractivity contribution is -0.130. The number of phenolic OH excluding ortho intramolecular Hbond substituents is 1. The standard InChI is InChI=1S/C19H20O5/c1-4-24-17-8-6-14(9-12(17)2)15(19(21)22)10-13-5-7-16(20)18(11-13)23-3/h5-11,20H,4H2,1-3H3,(H,21,22)/b15-10-. The van der Waals surface area contributed by atoms with E-state index < -0.39 is 5.97 Å². The van der Waals surface area contributed by atoms with Crippen LogP contribution < -0.4 is 9.47 Å². The van der Waals surface area contributed by atoms with Gasteiger partial charge in [0.25, 0.3) is 0 Å². The van der Waals surface area contributed by atoms with E-state index in [1.54, 1.807) is 36.4 Å². The number of ether oxygens (including phenoxy) is 2. The van der Waals surface area contributed by atoms with Gasteiger partial charge in [-0.3, -0.25) is 0 Å². The molecule has 24 heavy (non-hydrogen) atoms. The zero-order chi connectivity index (χ0) is 17.7. The molecule has 0 spiro atoms. The Morgan fingerprint density at radius 2 is 1.92 bits per heavy atom. The molecule has 0 unspecified atom stereocenters. The van der Waals surface area contributed by atoms with Crippen molar-refractivity contribution in [1.82, 2.24) is 0 Å². The van der Waals surface area contributed by atoms with Gasteiger partial charge < -0.3 is 19.7 Å². The highest BCUT2D eigenvalue weighted by molar-refractivity contribution is 6.20. The fourth-order valence-corrected chi connectivity index (χ4v) is 2.35. The van der Waals surface area contributed by atoms with Crippen molar-refractivity contribution < 1.29 is 24.5 Å². The first-order chi connectivity index (χ1) is 11.5. The number of carbonyl (C=O) groups is 1. The Kier molecular flexibility index (Phi) is 5.47. The molecule has 2 rings (SSSR count). The normalized spacial score (nSPS) is 11.2. The fourth-order valence-electron chi connectivity index (χ4n) is 2.35. The number of carboxylic acids is 1. The average molecular weight is 328 g/mol. The van der Waals surface area contributed by atoms with Gasteiger partial charge in [-0.2, -0.15) is 0 Å². The molecular weight excluding hydrogens is 308 g/mol. The molecule has 5 nitrogen and oxygen atoms in total. The summed E-state index contributed by atoms with van der Waals surface area (Å²) in [5.41, 5.74) is 2.21. The van der Waals surface area contributed by atoms with E-state index in [4.69, 9.17) is 9.47 Å². The molecule has 0 fully saturated rings. The maximum Gasteiger partial charge on any atom is 0.336 e. The Morgan fingerprint density at radius 1 is 1.17 bits per heavy atom. The molecule has 0 aliphatic rings. The predicted molar refractivity (Wildman–Crippen MR) is 92.5 cm³/mol. The summed E-state index contributed by atoms with van der Waals surface area (Å²) >= 11 is 0. The van der Waals surface area contributed by atoms with Crippen molar-refractivity contribution >= 4 is 17.6 Å². The van der Waals surface area contributed by atoms with Gasteiger partial charge in [-0.25, -0.2) is 4.79 Å². The summed E-state index contributed by atoms with van der Waals surface area (Å²) in [6, 6.07) is 9.94. The molecule has 0 saturated carbocycles. The van der Waals surface area contributed by atoms with E-state index in [1.807, 2.05) is 13.8 Å². The molecule has 0 atom stereocenters. The van der Waals surface area contributed by atoms with E-state index in [2.05, 4.69) is 0 Å². The first kappa shape index (κ1) is 17.4. The van der Waals surface area contributed by atoms with Crippen LogP contribution in [0.5, 0.6) is 17.2 Å². The van der Waals surface area contributed by atoms with Crippen LogP contribution in [0.15, 0.2) is 36.4 Å². The summed E-state index contributed by atoms with van der Waals surface area (Å²) < 4.78 is 10.5. The van der Waals surface area contributed by atoms with E-state index in [0.717, 1.165) is 11.3 Å². The van der Waals surface area contributed by atoms with Crippen LogP contribution in [0, 0.1) is 6.92 Å². The summed E-state index contributed by atoms with van der Waals surface area (Å²) in [4.78, 5) is 11.7. The fraction of sp³-hybridized carbons (Fsp3) is 0.211. The number of carboxylic acid groups (broad SMARTS) is 1. The van der Waals surface area contributed by atoms with Crippen molar-refractivity contribution in [3.63, 3.8) is 0 Å². The zero-order valence-corrected chi connectivity index (χ0v) is 13.9. The third-order valence-electron chi connectivity index (χ3n) is 3.53. The Bertz CT molecular complexity index is 777. The Labute approximate surface area is 140 Å². The molecule has 2 N–H and O–H groups in total. The molecule has 0 amide bonds. The van der Waals surface area contributed by atoms with Crippen molar-refractivity contribution in [3.05, 3.63) is 53.1 Å². The number of rotatable bonds is 6. The summed E-state index contributed by atoms with van der Waals surface area (Å²) in [5.74, 6) is -0.0114.